The molecule has 0 aliphatic carbocycles. The zero-order valence-electron chi connectivity index (χ0n) is 12.7. The summed E-state index contributed by atoms with van der Waals surface area (Å²) in [5.74, 6) is 1.59. The van der Waals surface area contributed by atoms with Crippen LogP contribution in [0, 0.1) is 0 Å². The van der Waals surface area contributed by atoms with E-state index >= 15 is 0 Å². The highest BCUT2D eigenvalue weighted by Gasteiger charge is 2.31. The number of halogens is 1. The summed E-state index contributed by atoms with van der Waals surface area (Å²) >= 11 is 0. The molecule has 0 saturated carbocycles. The predicted octanol–water partition coefficient (Wildman–Crippen LogP) is 3.67. The van der Waals surface area contributed by atoms with Crippen LogP contribution in [0.4, 0.5) is 0 Å². The summed E-state index contributed by atoms with van der Waals surface area (Å²) in [7, 11) is 3.35. The Kier molecular flexibility index (Phi) is 5.49. The molecule has 0 spiro atoms. The van der Waals surface area contributed by atoms with Crippen molar-refractivity contribution < 1.29 is 9.47 Å². The van der Waals surface area contributed by atoms with Crippen molar-refractivity contribution in [1.82, 2.24) is 5.32 Å². The van der Waals surface area contributed by atoms with Crippen LogP contribution in [0.2, 0.25) is 0 Å². The third-order valence-corrected chi connectivity index (χ3v) is 3.62. The minimum absolute atomic E-state index is 0. The highest BCUT2D eigenvalue weighted by atomic mass is 35.5. The van der Waals surface area contributed by atoms with Gasteiger partial charge in [-0.3, -0.25) is 0 Å². The molecule has 0 saturated heterocycles. The minimum atomic E-state index is 0. The van der Waals surface area contributed by atoms with Crippen LogP contribution in [-0.4, -0.2) is 19.8 Å². The molecule has 0 amide bonds. The van der Waals surface area contributed by atoms with Crippen LogP contribution in [0.1, 0.15) is 37.4 Å². The van der Waals surface area contributed by atoms with Gasteiger partial charge in [-0.25, -0.2) is 0 Å². The number of benzene rings is 1. The molecule has 112 valence electrons. The van der Waals surface area contributed by atoms with Crippen LogP contribution in [0.25, 0.3) is 0 Å². The van der Waals surface area contributed by atoms with Gasteiger partial charge in [0.1, 0.15) is 0 Å². The quantitative estimate of drug-likeness (QED) is 0.860. The highest BCUT2D eigenvalue weighted by molar-refractivity contribution is 5.85. The molecule has 1 unspecified atom stereocenters. The molecule has 1 atom stereocenters. The van der Waals surface area contributed by atoms with Gasteiger partial charge in [0.25, 0.3) is 0 Å². The summed E-state index contributed by atoms with van der Waals surface area (Å²) in [5.41, 5.74) is 2.70. The summed E-state index contributed by atoms with van der Waals surface area (Å²) in [5, 5.41) is 3.67. The van der Waals surface area contributed by atoms with Gasteiger partial charge in [-0.05, 0) is 49.9 Å². The summed E-state index contributed by atoms with van der Waals surface area (Å²) in [6.07, 6.45) is 3.85. The normalized spacial score (nSPS) is 19.5. The van der Waals surface area contributed by atoms with E-state index in [1.807, 2.05) is 6.08 Å². The molecule has 3 nitrogen and oxygen atoms in total. The zero-order valence-corrected chi connectivity index (χ0v) is 13.5. The largest absolute Gasteiger partial charge is 0.493 e. The average Bonchev–Trinajstić information content (AvgIpc) is 2.36. The third-order valence-electron chi connectivity index (χ3n) is 3.62. The molecule has 1 aliphatic heterocycles. The molecule has 0 bridgehead atoms. The Bertz CT molecular complexity index is 486. The lowest BCUT2D eigenvalue weighted by atomic mass is 9.82. The van der Waals surface area contributed by atoms with E-state index in [1.54, 1.807) is 14.2 Å². The van der Waals surface area contributed by atoms with Crippen LogP contribution >= 0.6 is 12.4 Å². The lowest BCUT2D eigenvalue weighted by molar-refractivity contribution is 0.305. The Morgan fingerprint density at radius 1 is 1.30 bits per heavy atom. The molecular weight excluding hydrogens is 274 g/mol. The minimum Gasteiger partial charge on any atom is -0.493 e. The molecule has 1 heterocycles. The van der Waals surface area contributed by atoms with Gasteiger partial charge < -0.3 is 14.8 Å². The van der Waals surface area contributed by atoms with Crippen LogP contribution in [0.3, 0.4) is 0 Å². The second-order valence-electron chi connectivity index (χ2n) is 5.69. The van der Waals surface area contributed by atoms with Crippen molar-refractivity contribution in [2.24, 2.45) is 0 Å². The fourth-order valence-corrected chi connectivity index (χ4v) is 2.84. The number of hydrogen-bond donors (Lipinski definition) is 1. The first kappa shape index (κ1) is 16.9. The fourth-order valence-electron chi connectivity index (χ4n) is 2.84. The van der Waals surface area contributed by atoms with E-state index in [9.17, 15) is 0 Å². The maximum absolute atomic E-state index is 5.40. The summed E-state index contributed by atoms with van der Waals surface area (Å²) < 4.78 is 10.8. The van der Waals surface area contributed by atoms with E-state index in [0.29, 0.717) is 0 Å². The van der Waals surface area contributed by atoms with Crippen molar-refractivity contribution in [2.45, 2.75) is 38.3 Å². The predicted molar refractivity (Wildman–Crippen MR) is 85.3 cm³/mol. The lowest BCUT2D eigenvalue weighted by Crippen LogP contribution is -2.47. The molecule has 0 fully saturated rings. The van der Waals surface area contributed by atoms with Crippen LogP contribution < -0.4 is 14.8 Å². The second kappa shape index (κ2) is 6.51. The SMILES string of the molecule is C=CCC1NC(C)(C)Cc2cc(OC)c(OC)cc21.Cl. The van der Waals surface area contributed by atoms with E-state index in [0.717, 1.165) is 24.3 Å². The number of rotatable bonds is 4. The summed E-state index contributed by atoms with van der Waals surface area (Å²) in [6.45, 7) is 8.31. The molecular formula is C16H24ClNO2. The van der Waals surface area contributed by atoms with Crippen molar-refractivity contribution >= 4 is 12.4 Å². The molecule has 4 heteroatoms. The molecule has 1 N–H and O–H groups in total. The number of nitrogens with one attached hydrogen (secondary N) is 1. The van der Waals surface area contributed by atoms with Crippen molar-refractivity contribution in [1.29, 1.82) is 0 Å². The molecule has 1 aliphatic rings. The third kappa shape index (κ3) is 3.28. The average molecular weight is 298 g/mol. The summed E-state index contributed by atoms with van der Waals surface area (Å²) in [4.78, 5) is 0. The van der Waals surface area contributed by atoms with Gasteiger partial charge in [-0.15, -0.1) is 19.0 Å². The standard InChI is InChI=1S/C16H23NO2.ClH/c1-6-7-13-12-9-15(19-5)14(18-4)8-11(12)10-16(2,3)17-13;/h6,8-9,13,17H,1,7,10H2,2-5H3;1H. The Hall–Kier alpha value is -1.19. The first-order valence-corrected chi connectivity index (χ1v) is 6.64. The molecule has 0 aromatic heterocycles. The Morgan fingerprint density at radius 2 is 1.90 bits per heavy atom. The van der Waals surface area contributed by atoms with Gasteiger partial charge in [0.05, 0.1) is 14.2 Å². The van der Waals surface area contributed by atoms with Crippen LogP contribution in [-0.2, 0) is 6.42 Å². The number of methoxy groups -OCH3 is 2. The molecule has 2 rings (SSSR count). The topological polar surface area (TPSA) is 30.5 Å². The van der Waals surface area contributed by atoms with Gasteiger partial charge >= 0.3 is 0 Å². The van der Waals surface area contributed by atoms with E-state index in [2.05, 4.69) is 37.9 Å². The monoisotopic (exact) mass is 297 g/mol. The zero-order chi connectivity index (χ0) is 14.0. The van der Waals surface area contributed by atoms with Crippen LogP contribution in [0.15, 0.2) is 24.8 Å². The fraction of sp³-hybridized carbons (Fsp3) is 0.500. The molecule has 1 aromatic carbocycles. The smallest absolute Gasteiger partial charge is 0.161 e. The number of hydrogen-bond acceptors (Lipinski definition) is 3. The van der Waals surface area contributed by atoms with Gasteiger partial charge in [-0.2, -0.15) is 0 Å². The Morgan fingerprint density at radius 3 is 2.45 bits per heavy atom. The number of ether oxygens (including phenoxy) is 2. The molecule has 0 radical (unpaired) electrons. The first-order chi connectivity index (χ1) is 9.00. The maximum atomic E-state index is 5.40. The van der Waals surface area contributed by atoms with Gasteiger partial charge in [0.2, 0.25) is 0 Å². The Labute approximate surface area is 127 Å². The van der Waals surface area contributed by atoms with E-state index in [-0.39, 0.29) is 24.0 Å². The van der Waals surface area contributed by atoms with Gasteiger partial charge in [-0.1, -0.05) is 6.08 Å². The van der Waals surface area contributed by atoms with E-state index < -0.39 is 0 Å². The Balaban J connectivity index is 0.00000200. The van der Waals surface area contributed by atoms with Gasteiger partial charge in [0.15, 0.2) is 11.5 Å². The van der Waals surface area contributed by atoms with Crippen molar-refractivity contribution in [2.75, 3.05) is 14.2 Å². The molecule has 1 aromatic rings. The number of fused-ring (bicyclic) bond motifs is 1. The maximum Gasteiger partial charge on any atom is 0.161 e. The second-order valence-corrected chi connectivity index (χ2v) is 5.69. The van der Waals surface area contributed by atoms with E-state index in [1.165, 1.54) is 11.1 Å². The lowest BCUT2D eigenvalue weighted by Gasteiger charge is -2.39. The van der Waals surface area contributed by atoms with E-state index in [4.69, 9.17) is 9.47 Å². The van der Waals surface area contributed by atoms with Crippen LogP contribution in [0.5, 0.6) is 11.5 Å². The highest BCUT2D eigenvalue weighted by Crippen LogP contribution is 2.39. The van der Waals surface area contributed by atoms with Crippen molar-refractivity contribution in [3.8, 4) is 11.5 Å². The first-order valence-electron chi connectivity index (χ1n) is 6.64. The summed E-state index contributed by atoms with van der Waals surface area (Å²) in [6, 6.07) is 4.48. The van der Waals surface area contributed by atoms with Crippen molar-refractivity contribution in [3.63, 3.8) is 0 Å². The van der Waals surface area contributed by atoms with Crippen molar-refractivity contribution in [3.05, 3.63) is 35.9 Å². The molecule has 20 heavy (non-hydrogen) atoms. The van der Waals surface area contributed by atoms with Gasteiger partial charge in [0, 0.05) is 11.6 Å².